The van der Waals surface area contributed by atoms with Crippen LogP contribution in [0.3, 0.4) is 0 Å². The van der Waals surface area contributed by atoms with Gasteiger partial charge in [0.25, 0.3) is 0 Å². The molecule has 0 unspecified atom stereocenters. The lowest BCUT2D eigenvalue weighted by atomic mass is 9.99. The normalized spacial score (nSPS) is 13.9. The largest absolute Gasteiger partial charge is 0.481 e. The van der Waals surface area contributed by atoms with Crippen molar-refractivity contribution in [1.82, 2.24) is 5.32 Å². The molecule has 0 aromatic heterocycles. The molecule has 0 saturated carbocycles. The maximum absolute atomic E-state index is 12.0. The van der Waals surface area contributed by atoms with Crippen molar-refractivity contribution >= 4 is 11.9 Å². The Labute approximate surface area is 119 Å². The molecule has 0 aliphatic heterocycles. The molecule has 2 rings (SSSR count). The summed E-state index contributed by atoms with van der Waals surface area (Å²) in [5.74, 6) is -1.04. The lowest BCUT2D eigenvalue weighted by Gasteiger charge is -2.24. The molecule has 0 heterocycles. The second-order valence-corrected chi connectivity index (χ2v) is 6.14. The second-order valence-electron chi connectivity index (χ2n) is 6.14. The summed E-state index contributed by atoms with van der Waals surface area (Å²) in [4.78, 5) is 22.7. The number of fused-ring (bicyclic) bond motifs is 1. The third kappa shape index (κ3) is 3.83. The second kappa shape index (κ2) is 5.65. The van der Waals surface area contributed by atoms with Gasteiger partial charge in [0.05, 0.1) is 12.8 Å². The number of hydrogen-bond donors (Lipinski definition) is 2. The Kier molecular flexibility index (Phi) is 4.12. The first kappa shape index (κ1) is 14.6. The SMILES string of the molecule is CC(C)(CC(=O)O)NC(=O)Cc1ccc2c(c1)CCC2. The molecule has 1 aliphatic rings. The van der Waals surface area contributed by atoms with E-state index in [1.165, 1.54) is 17.5 Å². The van der Waals surface area contributed by atoms with E-state index in [-0.39, 0.29) is 12.3 Å². The average Bonchev–Trinajstić information content (AvgIpc) is 2.72. The number of benzene rings is 1. The third-order valence-electron chi connectivity index (χ3n) is 3.60. The predicted octanol–water partition coefficient (Wildman–Crippen LogP) is 2.09. The van der Waals surface area contributed by atoms with Gasteiger partial charge >= 0.3 is 5.97 Å². The van der Waals surface area contributed by atoms with Crippen LogP contribution in [0.2, 0.25) is 0 Å². The number of aryl methyl sites for hydroxylation is 2. The van der Waals surface area contributed by atoms with Crippen LogP contribution < -0.4 is 5.32 Å². The first-order valence-corrected chi connectivity index (χ1v) is 6.99. The van der Waals surface area contributed by atoms with Crippen molar-refractivity contribution in [3.8, 4) is 0 Å². The zero-order valence-electron chi connectivity index (χ0n) is 12.0. The van der Waals surface area contributed by atoms with E-state index in [2.05, 4.69) is 17.4 Å². The molecule has 0 atom stereocenters. The van der Waals surface area contributed by atoms with Crippen molar-refractivity contribution in [2.75, 3.05) is 0 Å². The fraction of sp³-hybridized carbons (Fsp3) is 0.500. The number of rotatable bonds is 5. The van der Waals surface area contributed by atoms with Crippen LogP contribution in [0.4, 0.5) is 0 Å². The predicted molar refractivity (Wildman–Crippen MR) is 76.6 cm³/mol. The molecule has 4 nitrogen and oxygen atoms in total. The van der Waals surface area contributed by atoms with Crippen LogP contribution >= 0.6 is 0 Å². The maximum Gasteiger partial charge on any atom is 0.305 e. The van der Waals surface area contributed by atoms with Crippen LogP contribution in [0.1, 0.15) is 43.4 Å². The Morgan fingerprint density at radius 2 is 1.95 bits per heavy atom. The highest BCUT2D eigenvalue weighted by atomic mass is 16.4. The Morgan fingerprint density at radius 1 is 1.25 bits per heavy atom. The van der Waals surface area contributed by atoms with E-state index in [9.17, 15) is 9.59 Å². The van der Waals surface area contributed by atoms with Gasteiger partial charge in [-0.1, -0.05) is 18.2 Å². The Bertz CT molecular complexity index is 535. The molecule has 20 heavy (non-hydrogen) atoms. The molecule has 1 aliphatic carbocycles. The number of aliphatic carboxylic acids is 1. The Morgan fingerprint density at radius 3 is 2.65 bits per heavy atom. The van der Waals surface area contributed by atoms with E-state index in [4.69, 9.17) is 5.11 Å². The highest BCUT2D eigenvalue weighted by Gasteiger charge is 2.24. The number of carboxylic acid groups (broad SMARTS) is 1. The molecular formula is C16H21NO3. The quantitative estimate of drug-likeness (QED) is 0.864. The van der Waals surface area contributed by atoms with E-state index < -0.39 is 11.5 Å². The topological polar surface area (TPSA) is 66.4 Å². The number of carboxylic acids is 1. The monoisotopic (exact) mass is 275 g/mol. The van der Waals surface area contributed by atoms with Gasteiger partial charge in [0.15, 0.2) is 0 Å². The minimum absolute atomic E-state index is 0.0804. The van der Waals surface area contributed by atoms with Crippen molar-refractivity contribution in [3.63, 3.8) is 0 Å². The van der Waals surface area contributed by atoms with Crippen LogP contribution in [0.15, 0.2) is 18.2 Å². The summed E-state index contributed by atoms with van der Waals surface area (Å²) in [6, 6.07) is 6.20. The lowest BCUT2D eigenvalue weighted by molar-refractivity contribution is -0.138. The third-order valence-corrected chi connectivity index (χ3v) is 3.60. The summed E-state index contributed by atoms with van der Waals surface area (Å²) in [6.07, 6.45) is 3.64. The molecule has 0 spiro atoms. The molecular weight excluding hydrogens is 254 g/mol. The van der Waals surface area contributed by atoms with E-state index >= 15 is 0 Å². The van der Waals surface area contributed by atoms with Crippen LogP contribution in [-0.2, 0) is 28.9 Å². The van der Waals surface area contributed by atoms with Gasteiger partial charge in [0.1, 0.15) is 0 Å². The van der Waals surface area contributed by atoms with E-state index in [0.29, 0.717) is 6.42 Å². The molecule has 0 saturated heterocycles. The fourth-order valence-corrected chi connectivity index (χ4v) is 2.76. The van der Waals surface area contributed by atoms with E-state index in [1.807, 2.05) is 6.07 Å². The van der Waals surface area contributed by atoms with Crippen LogP contribution in [-0.4, -0.2) is 22.5 Å². The van der Waals surface area contributed by atoms with Gasteiger partial charge in [-0.05, 0) is 49.8 Å². The van der Waals surface area contributed by atoms with Gasteiger partial charge in [-0.15, -0.1) is 0 Å². The molecule has 4 heteroatoms. The molecule has 108 valence electrons. The zero-order chi connectivity index (χ0) is 14.8. The van der Waals surface area contributed by atoms with Gasteiger partial charge in [-0.2, -0.15) is 0 Å². The molecule has 1 aromatic carbocycles. The van der Waals surface area contributed by atoms with Crippen molar-refractivity contribution < 1.29 is 14.7 Å². The summed E-state index contributed by atoms with van der Waals surface area (Å²) >= 11 is 0. The van der Waals surface area contributed by atoms with Crippen LogP contribution in [0.25, 0.3) is 0 Å². The molecule has 1 amide bonds. The molecule has 2 N–H and O–H groups in total. The Balaban J connectivity index is 1.96. The molecule has 1 aromatic rings. The van der Waals surface area contributed by atoms with Gasteiger partial charge < -0.3 is 10.4 Å². The van der Waals surface area contributed by atoms with E-state index in [0.717, 1.165) is 18.4 Å². The lowest BCUT2D eigenvalue weighted by Crippen LogP contribution is -2.45. The van der Waals surface area contributed by atoms with Gasteiger partial charge in [0.2, 0.25) is 5.91 Å². The van der Waals surface area contributed by atoms with Gasteiger partial charge in [-0.25, -0.2) is 0 Å². The van der Waals surface area contributed by atoms with Gasteiger partial charge in [-0.3, -0.25) is 9.59 Å². The summed E-state index contributed by atoms with van der Waals surface area (Å²) in [7, 11) is 0. The summed E-state index contributed by atoms with van der Waals surface area (Å²) < 4.78 is 0. The van der Waals surface area contributed by atoms with Gasteiger partial charge in [0, 0.05) is 5.54 Å². The first-order chi connectivity index (χ1) is 9.35. The summed E-state index contributed by atoms with van der Waals surface area (Å²) in [5, 5.41) is 11.6. The highest BCUT2D eigenvalue weighted by Crippen LogP contribution is 2.23. The molecule has 0 bridgehead atoms. The van der Waals surface area contributed by atoms with Crippen molar-refractivity contribution in [2.24, 2.45) is 0 Å². The fourth-order valence-electron chi connectivity index (χ4n) is 2.76. The first-order valence-electron chi connectivity index (χ1n) is 6.99. The Hall–Kier alpha value is -1.84. The van der Waals surface area contributed by atoms with Crippen molar-refractivity contribution in [1.29, 1.82) is 0 Å². The highest BCUT2D eigenvalue weighted by molar-refractivity contribution is 5.80. The van der Waals surface area contributed by atoms with Crippen molar-refractivity contribution in [2.45, 2.75) is 51.5 Å². The average molecular weight is 275 g/mol. The maximum atomic E-state index is 12.0. The smallest absolute Gasteiger partial charge is 0.305 e. The zero-order valence-corrected chi connectivity index (χ0v) is 12.0. The standard InChI is InChI=1S/C16H21NO3/c1-16(2,10-15(19)20)17-14(18)9-11-6-7-12-4-3-5-13(12)8-11/h6-8H,3-5,9-10H2,1-2H3,(H,17,18)(H,19,20). The summed E-state index contributed by atoms with van der Waals surface area (Å²) in [6.45, 7) is 3.45. The number of amides is 1. The van der Waals surface area contributed by atoms with Crippen molar-refractivity contribution in [3.05, 3.63) is 34.9 Å². The van der Waals surface area contributed by atoms with E-state index in [1.54, 1.807) is 13.8 Å². The minimum atomic E-state index is -0.909. The molecule has 0 radical (unpaired) electrons. The molecule has 0 fully saturated rings. The number of carbonyl (C=O) groups excluding carboxylic acids is 1. The number of carbonyl (C=O) groups is 2. The van der Waals surface area contributed by atoms with Crippen LogP contribution in [0.5, 0.6) is 0 Å². The van der Waals surface area contributed by atoms with Crippen LogP contribution in [0, 0.1) is 0 Å². The number of nitrogens with one attached hydrogen (secondary N) is 1. The summed E-state index contributed by atoms with van der Waals surface area (Å²) in [5.41, 5.74) is 3.01. The minimum Gasteiger partial charge on any atom is -0.481 e. The number of hydrogen-bond acceptors (Lipinski definition) is 2.